The van der Waals surface area contributed by atoms with E-state index in [4.69, 9.17) is 0 Å². The van der Waals surface area contributed by atoms with Crippen molar-refractivity contribution in [2.24, 2.45) is 0 Å². The Bertz CT molecular complexity index is 292. The zero-order valence-corrected chi connectivity index (χ0v) is 7.83. The van der Waals surface area contributed by atoms with E-state index >= 15 is 0 Å². The summed E-state index contributed by atoms with van der Waals surface area (Å²) in [4.78, 5) is 0. The van der Waals surface area contributed by atoms with Crippen molar-refractivity contribution in [1.82, 2.24) is 0 Å². The highest BCUT2D eigenvalue weighted by Crippen LogP contribution is 1.97. The lowest BCUT2D eigenvalue weighted by Crippen LogP contribution is -2.01. The average molecular weight is 174 g/mol. The first-order chi connectivity index (χ1) is 6.33. The third kappa shape index (κ3) is 3.78. The Morgan fingerprint density at radius 3 is 2.62 bits per heavy atom. The summed E-state index contributed by atoms with van der Waals surface area (Å²) >= 11 is 0. The monoisotopic (exact) mass is 174 g/mol. The first-order valence-electron chi connectivity index (χ1n) is 4.55. The molecule has 0 saturated carbocycles. The molecule has 1 N–H and O–H groups in total. The van der Waals surface area contributed by atoms with E-state index in [2.05, 4.69) is 11.8 Å². The van der Waals surface area contributed by atoms with Gasteiger partial charge in [-0.3, -0.25) is 0 Å². The van der Waals surface area contributed by atoms with Crippen molar-refractivity contribution in [3.05, 3.63) is 35.9 Å². The van der Waals surface area contributed by atoms with Crippen LogP contribution in [0, 0.1) is 11.8 Å². The summed E-state index contributed by atoms with van der Waals surface area (Å²) in [5.41, 5.74) is 1.01. The highest BCUT2D eigenvalue weighted by molar-refractivity contribution is 5.33. The second-order valence-corrected chi connectivity index (χ2v) is 2.93. The topological polar surface area (TPSA) is 20.2 Å². The fraction of sp³-hybridized carbons (Fsp3) is 0.333. The largest absolute Gasteiger partial charge is 0.392 e. The van der Waals surface area contributed by atoms with Crippen LogP contribution in [0.1, 0.15) is 25.3 Å². The quantitative estimate of drug-likeness (QED) is 0.681. The minimum atomic E-state index is -0.281. The highest BCUT2D eigenvalue weighted by atomic mass is 16.3. The molecule has 68 valence electrons. The SMILES string of the molecule is CC[C@@H](O)CC#Cc1ccccc1. The lowest BCUT2D eigenvalue weighted by Gasteiger charge is -1.98. The van der Waals surface area contributed by atoms with Gasteiger partial charge in [0.2, 0.25) is 0 Å². The molecule has 0 amide bonds. The lowest BCUT2D eigenvalue weighted by molar-refractivity contribution is 0.176. The van der Waals surface area contributed by atoms with Crippen LogP contribution in [-0.4, -0.2) is 11.2 Å². The van der Waals surface area contributed by atoms with Crippen LogP contribution >= 0.6 is 0 Å². The van der Waals surface area contributed by atoms with Gasteiger partial charge < -0.3 is 5.11 Å². The summed E-state index contributed by atoms with van der Waals surface area (Å²) in [6.45, 7) is 1.95. The van der Waals surface area contributed by atoms with Gasteiger partial charge in [0, 0.05) is 12.0 Å². The number of benzene rings is 1. The molecular formula is C12H14O. The van der Waals surface area contributed by atoms with Gasteiger partial charge in [-0.25, -0.2) is 0 Å². The van der Waals surface area contributed by atoms with Crippen molar-refractivity contribution < 1.29 is 5.11 Å². The van der Waals surface area contributed by atoms with E-state index in [1.807, 2.05) is 37.3 Å². The first-order valence-corrected chi connectivity index (χ1v) is 4.55. The van der Waals surface area contributed by atoms with E-state index in [0.717, 1.165) is 12.0 Å². The van der Waals surface area contributed by atoms with Crippen LogP contribution in [0.2, 0.25) is 0 Å². The molecule has 13 heavy (non-hydrogen) atoms. The molecule has 1 aromatic rings. The van der Waals surface area contributed by atoms with Crippen LogP contribution in [0.3, 0.4) is 0 Å². The summed E-state index contributed by atoms with van der Waals surface area (Å²) in [5.74, 6) is 5.95. The molecule has 0 aliphatic carbocycles. The molecule has 0 bridgehead atoms. The molecular weight excluding hydrogens is 160 g/mol. The molecule has 1 rings (SSSR count). The van der Waals surface area contributed by atoms with Gasteiger partial charge in [0.15, 0.2) is 0 Å². The zero-order chi connectivity index (χ0) is 9.52. The van der Waals surface area contributed by atoms with Crippen LogP contribution in [0.4, 0.5) is 0 Å². The van der Waals surface area contributed by atoms with Gasteiger partial charge in [-0.05, 0) is 18.6 Å². The molecule has 0 aromatic heterocycles. The van der Waals surface area contributed by atoms with Gasteiger partial charge in [-0.15, -0.1) is 0 Å². The number of rotatable bonds is 2. The summed E-state index contributed by atoms with van der Waals surface area (Å²) in [6.07, 6.45) is 1.05. The molecule has 0 saturated heterocycles. The maximum Gasteiger partial charge on any atom is 0.0646 e. The van der Waals surface area contributed by atoms with Crippen molar-refractivity contribution in [2.45, 2.75) is 25.9 Å². The van der Waals surface area contributed by atoms with Gasteiger partial charge >= 0.3 is 0 Å². The van der Waals surface area contributed by atoms with Gasteiger partial charge in [0.05, 0.1) is 6.10 Å². The first kappa shape index (κ1) is 9.83. The average Bonchev–Trinajstić information content (AvgIpc) is 2.19. The Morgan fingerprint density at radius 2 is 2.00 bits per heavy atom. The number of hydrogen-bond acceptors (Lipinski definition) is 1. The molecule has 0 aliphatic rings. The van der Waals surface area contributed by atoms with Gasteiger partial charge in [0.1, 0.15) is 0 Å². The molecule has 0 radical (unpaired) electrons. The summed E-state index contributed by atoms with van der Waals surface area (Å²) in [7, 11) is 0. The Kier molecular flexibility index (Phi) is 4.08. The summed E-state index contributed by atoms with van der Waals surface area (Å²) < 4.78 is 0. The maximum atomic E-state index is 9.23. The van der Waals surface area contributed by atoms with Crippen molar-refractivity contribution in [3.63, 3.8) is 0 Å². The lowest BCUT2D eigenvalue weighted by atomic mass is 10.2. The molecule has 0 spiro atoms. The second kappa shape index (κ2) is 5.40. The van der Waals surface area contributed by atoms with E-state index in [1.165, 1.54) is 0 Å². The number of aliphatic hydroxyl groups is 1. The third-order valence-electron chi connectivity index (χ3n) is 1.82. The highest BCUT2D eigenvalue weighted by Gasteiger charge is 1.94. The third-order valence-corrected chi connectivity index (χ3v) is 1.82. The van der Waals surface area contributed by atoms with Crippen molar-refractivity contribution in [2.75, 3.05) is 0 Å². The molecule has 1 nitrogen and oxygen atoms in total. The summed E-state index contributed by atoms with van der Waals surface area (Å²) in [6, 6.07) is 9.81. The fourth-order valence-corrected chi connectivity index (χ4v) is 0.937. The van der Waals surface area contributed by atoms with Crippen LogP contribution in [0.5, 0.6) is 0 Å². The molecule has 0 aliphatic heterocycles. The molecule has 1 atom stereocenters. The van der Waals surface area contributed by atoms with E-state index in [0.29, 0.717) is 6.42 Å². The predicted octanol–water partition coefficient (Wildman–Crippen LogP) is 2.20. The van der Waals surface area contributed by atoms with Crippen LogP contribution in [0.15, 0.2) is 30.3 Å². The predicted molar refractivity (Wildman–Crippen MR) is 54.2 cm³/mol. The molecule has 0 fully saturated rings. The van der Waals surface area contributed by atoms with Crippen molar-refractivity contribution >= 4 is 0 Å². The number of hydrogen-bond donors (Lipinski definition) is 1. The Morgan fingerprint density at radius 1 is 1.31 bits per heavy atom. The maximum absolute atomic E-state index is 9.23. The second-order valence-electron chi connectivity index (χ2n) is 2.93. The molecule has 1 heteroatoms. The number of aliphatic hydroxyl groups excluding tert-OH is 1. The smallest absolute Gasteiger partial charge is 0.0646 e. The van der Waals surface area contributed by atoms with Crippen molar-refractivity contribution in [3.8, 4) is 11.8 Å². The normalized spacial score (nSPS) is 11.5. The zero-order valence-electron chi connectivity index (χ0n) is 7.83. The van der Waals surface area contributed by atoms with E-state index in [9.17, 15) is 5.11 Å². The van der Waals surface area contributed by atoms with Gasteiger partial charge in [-0.2, -0.15) is 0 Å². The van der Waals surface area contributed by atoms with Crippen molar-refractivity contribution in [1.29, 1.82) is 0 Å². The van der Waals surface area contributed by atoms with E-state index < -0.39 is 0 Å². The van der Waals surface area contributed by atoms with E-state index in [1.54, 1.807) is 0 Å². The van der Waals surface area contributed by atoms with Crippen LogP contribution < -0.4 is 0 Å². The minimum absolute atomic E-state index is 0.281. The van der Waals surface area contributed by atoms with Crippen LogP contribution in [-0.2, 0) is 0 Å². The van der Waals surface area contributed by atoms with Gasteiger partial charge in [0.25, 0.3) is 0 Å². The molecule has 0 heterocycles. The van der Waals surface area contributed by atoms with E-state index in [-0.39, 0.29) is 6.10 Å². The minimum Gasteiger partial charge on any atom is -0.392 e. The fourth-order valence-electron chi connectivity index (χ4n) is 0.937. The van der Waals surface area contributed by atoms with Crippen LogP contribution in [0.25, 0.3) is 0 Å². The molecule has 1 aromatic carbocycles. The Hall–Kier alpha value is -1.26. The Balaban J connectivity index is 2.49. The molecule has 0 unspecified atom stereocenters. The van der Waals surface area contributed by atoms with Gasteiger partial charge in [-0.1, -0.05) is 37.0 Å². The standard InChI is InChI=1S/C12H14O/c1-2-12(13)10-6-9-11-7-4-3-5-8-11/h3-5,7-8,12-13H,2,10H2,1H3/t12-/m1/s1. The Labute approximate surface area is 79.4 Å². The summed E-state index contributed by atoms with van der Waals surface area (Å²) in [5, 5.41) is 9.23.